The van der Waals surface area contributed by atoms with Gasteiger partial charge in [0.05, 0.1) is 13.2 Å². The fraction of sp³-hybridized carbons (Fsp3) is 0.500. The van der Waals surface area contributed by atoms with Crippen molar-refractivity contribution in [2.45, 2.75) is 65.4 Å². The zero-order valence-electron chi connectivity index (χ0n) is 17.2. The quantitative estimate of drug-likeness (QED) is 0.403. The third-order valence-corrected chi connectivity index (χ3v) is 4.63. The van der Waals surface area contributed by atoms with Crippen LogP contribution in [0.5, 0.6) is 11.5 Å². The maximum Gasteiger partial charge on any atom is 0.121 e. The second-order valence-corrected chi connectivity index (χ2v) is 7.14. The van der Waals surface area contributed by atoms with Gasteiger partial charge in [0.1, 0.15) is 17.6 Å². The second kappa shape index (κ2) is 12.3. The largest absolute Gasteiger partial charge is 0.494 e. The van der Waals surface area contributed by atoms with Crippen LogP contribution in [0.1, 0.15) is 57.9 Å². The molecule has 0 radical (unpaired) electrons. The molecule has 0 fully saturated rings. The van der Waals surface area contributed by atoms with Crippen molar-refractivity contribution in [3.05, 3.63) is 54.1 Å². The number of hydrogen-bond donors (Lipinski definition) is 1. The highest BCUT2D eigenvalue weighted by atomic mass is 16.5. The third-order valence-electron chi connectivity index (χ3n) is 4.63. The summed E-state index contributed by atoms with van der Waals surface area (Å²) in [6.45, 7) is 8.04. The van der Waals surface area contributed by atoms with Crippen LogP contribution in [-0.4, -0.2) is 19.3 Å². The molecular weight excluding hydrogens is 334 g/mol. The molecule has 148 valence electrons. The van der Waals surface area contributed by atoms with Gasteiger partial charge in [-0.2, -0.15) is 0 Å². The molecule has 1 atom stereocenters. The molecule has 2 aromatic rings. The molecule has 1 N–H and O–H groups in total. The average molecular weight is 370 g/mol. The van der Waals surface area contributed by atoms with Crippen LogP contribution in [0.4, 0.5) is 5.69 Å². The Balaban J connectivity index is 1.77. The van der Waals surface area contributed by atoms with Crippen molar-refractivity contribution in [3.8, 4) is 11.5 Å². The number of nitrogens with one attached hydrogen (secondary N) is 1. The molecule has 3 nitrogen and oxygen atoms in total. The Labute approximate surface area is 165 Å². The lowest BCUT2D eigenvalue weighted by atomic mass is 10.2. The predicted octanol–water partition coefficient (Wildman–Crippen LogP) is 6.61. The molecule has 0 aromatic heterocycles. The number of hydrogen-bond acceptors (Lipinski definition) is 3. The minimum absolute atomic E-state index is 0.134. The smallest absolute Gasteiger partial charge is 0.121 e. The molecule has 2 rings (SSSR count). The zero-order chi connectivity index (χ0) is 19.3. The number of aryl methyl sites for hydroxylation is 1. The van der Waals surface area contributed by atoms with E-state index < -0.39 is 0 Å². The minimum atomic E-state index is 0.134. The summed E-state index contributed by atoms with van der Waals surface area (Å²) in [6.07, 6.45) is 7.37. The lowest BCUT2D eigenvalue weighted by Gasteiger charge is -2.19. The van der Waals surface area contributed by atoms with Gasteiger partial charge in [-0.15, -0.1) is 0 Å². The number of anilines is 1. The maximum absolute atomic E-state index is 6.11. The summed E-state index contributed by atoms with van der Waals surface area (Å²) in [5, 5.41) is 3.48. The van der Waals surface area contributed by atoms with Crippen LogP contribution < -0.4 is 14.8 Å². The maximum atomic E-state index is 6.11. The number of benzene rings is 2. The van der Waals surface area contributed by atoms with Crippen molar-refractivity contribution in [2.75, 3.05) is 18.5 Å². The van der Waals surface area contributed by atoms with Gasteiger partial charge in [0.15, 0.2) is 0 Å². The second-order valence-electron chi connectivity index (χ2n) is 7.14. The normalized spacial score (nSPS) is 11.8. The van der Waals surface area contributed by atoms with Crippen molar-refractivity contribution in [3.63, 3.8) is 0 Å². The fourth-order valence-corrected chi connectivity index (χ4v) is 2.97. The van der Waals surface area contributed by atoms with E-state index in [0.717, 1.165) is 43.2 Å². The summed E-state index contributed by atoms with van der Waals surface area (Å²) in [5.41, 5.74) is 2.29. The molecule has 0 heterocycles. The van der Waals surface area contributed by atoms with E-state index >= 15 is 0 Å². The Morgan fingerprint density at radius 2 is 1.67 bits per heavy atom. The van der Waals surface area contributed by atoms with Gasteiger partial charge >= 0.3 is 0 Å². The first-order chi connectivity index (χ1) is 13.2. The Morgan fingerprint density at radius 3 is 2.44 bits per heavy atom. The van der Waals surface area contributed by atoms with Gasteiger partial charge in [-0.25, -0.2) is 0 Å². The average Bonchev–Trinajstić information content (AvgIpc) is 2.68. The molecule has 2 aromatic carbocycles. The highest BCUT2D eigenvalue weighted by Crippen LogP contribution is 2.19. The first kappa shape index (κ1) is 21.1. The monoisotopic (exact) mass is 369 g/mol. The molecule has 0 aliphatic carbocycles. The number of rotatable bonds is 13. The van der Waals surface area contributed by atoms with E-state index in [1.54, 1.807) is 0 Å². The van der Waals surface area contributed by atoms with Crippen LogP contribution in [0.3, 0.4) is 0 Å². The van der Waals surface area contributed by atoms with Crippen LogP contribution in [0.25, 0.3) is 0 Å². The molecule has 0 bridgehead atoms. The van der Waals surface area contributed by atoms with E-state index in [2.05, 4.69) is 50.4 Å². The Hall–Kier alpha value is -2.16. The van der Waals surface area contributed by atoms with Crippen molar-refractivity contribution >= 4 is 5.69 Å². The lowest BCUT2D eigenvalue weighted by molar-refractivity contribution is 0.210. The van der Waals surface area contributed by atoms with E-state index in [1.165, 1.54) is 31.2 Å². The fourth-order valence-electron chi connectivity index (χ4n) is 2.97. The lowest BCUT2D eigenvalue weighted by Crippen LogP contribution is -2.25. The number of ether oxygens (including phenoxy) is 2. The van der Waals surface area contributed by atoms with Gasteiger partial charge in [-0.1, -0.05) is 57.7 Å². The molecule has 0 aliphatic heterocycles. The molecule has 0 spiro atoms. The van der Waals surface area contributed by atoms with E-state index in [1.807, 2.05) is 24.3 Å². The first-order valence-corrected chi connectivity index (χ1v) is 10.4. The molecule has 0 aliphatic rings. The summed E-state index contributed by atoms with van der Waals surface area (Å²) < 4.78 is 12.0. The van der Waals surface area contributed by atoms with Gasteiger partial charge in [0.2, 0.25) is 0 Å². The van der Waals surface area contributed by atoms with Gasteiger partial charge in [-0.05, 0) is 49.6 Å². The zero-order valence-corrected chi connectivity index (χ0v) is 17.2. The highest BCUT2D eigenvalue weighted by molar-refractivity contribution is 5.48. The highest BCUT2D eigenvalue weighted by Gasteiger charge is 2.08. The predicted molar refractivity (Wildman–Crippen MR) is 115 cm³/mol. The van der Waals surface area contributed by atoms with E-state index in [0.29, 0.717) is 0 Å². The molecule has 0 saturated heterocycles. The SMILES string of the molecule is CCCCCCCOc1cccc(NCC(CC)Oc2cccc(C)c2)c1. The molecule has 3 heteroatoms. The van der Waals surface area contributed by atoms with Crippen molar-refractivity contribution in [2.24, 2.45) is 0 Å². The summed E-state index contributed by atoms with van der Waals surface area (Å²) in [4.78, 5) is 0. The van der Waals surface area contributed by atoms with Crippen LogP contribution >= 0.6 is 0 Å². The Morgan fingerprint density at radius 1 is 0.889 bits per heavy atom. The van der Waals surface area contributed by atoms with Crippen LogP contribution in [0, 0.1) is 6.92 Å². The summed E-state index contributed by atoms with van der Waals surface area (Å²) >= 11 is 0. The first-order valence-electron chi connectivity index (χ1n) is 10.4. The van der Waals surface area contributed by atoms with E-state index in [9.17, 15) is 0 Å². The Bertz CT molecular complexity index is 656. The van der Waals surface area contributed by atoms with Gasteiger partial charge in [0.25, 0.3) is 0 Å². The summed E-state index contributed by atoms with van der Waals surface area (Å²) in [5.74, 6) is 1.87. The topological polar surface area (TPSA) is 30.5 Å². The molecule has 0 amide bonds. The molecular formula is C24H35NO2. The Kier molecular flexibility index (Phi) is 9.61. The number of unbranched alkanes of at least 4 members (excludes halogenated alkanes) is 4. The van der Waals surface area contributed by atoms with E-state index in [-0.39, 0.29) is 6.10 Å². The van der Waals surface area contributed by atoms with E-state index in [4.69, 9.17) is 9.47 Å². The minimum Gasteiger partial charge on any atom is -0.494 e. The third kappa shape index (κ3) is 8.38. The van der Waals surface area contributed by atoms with Crippen molar-refractivity contribution in [1.29, 1.82) is 0 Å². The standard InChI is InChI=1S/C24H35NO2/c1-4-6-7-8-9-16-26-23-14-11-13-21(18-23)25-19-22(5-2)27-24-15-10-12-20(3)17-24/h10-15,17-18,22,25H,4-9,16,19H2,1-3H3. The van der Waals surface area contributed by atoms with Gasteiger partial charge < -0.3 is 14.8 Å². The summed E-state index contributed by atoms with van der Waals surface area (Å²) in [6, 6.07) is 16.4. The van der Waals surface area contributed by atoms with Crippen LogP contribution in [0.2, 0.25) is 0 Å². The molecule has 0 saturated carbocycles. The van der Waals surface area contributed by atoms with Crippen molar-refractivity contribution in [1.82, 2.24) is 0 Å². The van der Waals surface area contributed by atoms with Gasteiger partial charge in [-0.3, -0.25) is 0 Å². The molecule has 27 heavy (non-hydrogen) atoms. The van der Waals surface area contributed by atoms with Crippen LogP contribution in [0.15, 0.2) is 48.5 Å². The van der Waals surface area contributed by atoms with Crippen LogP contribution in [-0.2, 0) is 0 Å². The van der Waals surface area contributed by atoms with Gasteiger partial charge in [0, 0.05) is 11.8 Å². The van der Waals surface area contributed by atoms with Crippen molar-refractivity contribution < 1.29 is 9.47 Å². The molecule has 1 unspecified atom stereocenters. The summed E-state index contributed by atoms with van der Waals surface area (Å²) in [7, 11) is 0.